The summed E-state index contributed by atoms with van der Waals surface area (Å²) >= 11 is 0. The second kappa shape index (κ2) is 9.28. The maximum absolute atomic E-state index is 11.3. The standard InChI is InChI=1S/C19H28NO3/c1-6-18(17-12-10-9-11-13-17)20(7-2,8-3)14-15-22-23-19(21)16(4)5/h6,9-13,18H,1,4,7-8,14-15H2,2-3,5H3/q+1. The monoisotopic (exact) mass is 318 g/mol. The van der Waals surface area contributed by atoms with E-state index in [4.69, 9.17) is 9.78 Å². The van der Waals surface area contributed by atoms with Gasteiger partial charge in [-0.15, -0.1) is 0 Å². The topological polar surface area (TPSA) is 35.5 Å². The van der Waals surface area contributed by atoms with Gasteiger partial charge < -0.3 is 4.48 Å². The number of carbonyl (C=O) groups is 1. The van der Waals surface area contributed by atoms with Gasteiger partial charge in [0, 0.05) is 11.1 Å². The molecule has 0 amide bonds. The fraction of sp³-hybridized carbons (Fsp3) is 0.421. The average Bonchev–Trinajstić information content (AvgIpc) is 2.58. The Morgan fingerprint density at radius 3 is 2.35 bits per heavy atom. The smallest absolute Gasteiger partial charge is 0.313 e. The second-order valence-electron chi connectivity index (χ2n) is 5.64. The van der Waals surface area contributed by atoms with Crippen LogP contribution in [0.1, 0.15) is 32.4 Å². The van der Waals surface area contributed by atoms with Gasteiger partial charge in [0.05, 0.1) is 13.1 Å². The Hall–Kier alpha value is -1.91. The number of hydrogen-bond acceptors (Lipinski definition) is 3. The molecule has 0 saturated heterocycles. The van der Waals surface area contributed by atoms with Crippen LogP contribution in [0.5, 0.6) is 0 Å². The second-order valence-corrected chi connectivity index (χ2v) is 5.64. The van der Waals surface area contributed by atoms with Crippen molar-refractivity contribution in [2.24, 2.45) is 0 Å². The Labute approximate surface area is 139 Å². The lowest BCUT2D eigenvalue weighted by atomic mass is 10.0. The summed E-state index contributed by atoms with van der Waals surface area (Å²) in [5.74, 6) is -0.528. The third-order valence-corrected chi connectivity index (χ3v) is 4.32. The van der Waals surface area contributed by atoms with Gasteiger partial charge in [-0.3, -0.25) is 4.89 Å². The SMILES string of the molecule is C=CC(c1ccccc1)[N+](CC)(CC)CCOOC(=O)C(=C)C. The highest BCUT2D eigenvalue weighted by molar-refractivity contribution is 5.86. The molecule has 4 nitrogen and oxygen atoms in total. The normalized spacial score (nSPS) is 12.5. The number of hydrogen-bond donors (Lipinski definition) is 0. The molecule has 126 valence electrons. The average molecular weight is 318 g/mol. The van der Waals surface area contributed by atoms with E-state index in [1.807, 2.05) is 24.3 Å². The van der Waals surface area contributed by atoms with Crippen LogP contribution in [-0.2, 0) is 14.6 Å². The van der Waals surface area contributed by atoms with E-state index in [9.17, 15) is 4.79 Å². The molecule has 1 unspecified atom stereocenters. The first-order chi connectivity index (χ1) is 11.0. The largest absolute Gasteiger partial charge is 0.368 e. The minimum absolute atomic E-state index is 0.173. The number of benzene rings is 1. The van der Waals surface area contributed by atoms with Gasteiger partial charge in [0.25, 0.3) is 0 Å². The fourth-order valence-corrected chi connectivity index (χ4v) is 2.78. The minimum atomic E-state index is -0.528. The van der Waals surface area contributed by atoms with Crippen LogP contribution in [0.3, 0.4) is 0 Å². The molecule has 0 aliphatic heterocycles. The molecular weight excluding hydrogens is 290 g/mol. The summed E-state index contributed by atoms with van der Waals surface area (Å²) in [6.45, 7) is 16.4. The molecule has 0 spiro atoms. The van der Waals surface area contributed by atoms with E-state index in [1.165, 1.54) is 5.56 Å². The van der Waals surface area contributed by atoms with E-state index < -0.39 is 5.97 Å². The van der Waals surface area contributed by atoms with E-state index in [0.29, 0.717) is 12.2 Å². The van der Waals surface area contributed by atoms with Crippen molar-refractivity contribution < 1.29 is 19.1 Å². The highest BCUT2D eigenvalue weighted by Crippen LogP contribution is 2.29. The molecule has 0 bridgehead atoms. The van der Waals surface area contributed by atoms with Crippen molar-refractivity contribution in [3.05, 3.63) is 60.7 Å². The lowest BCUT2D eigenvalue weighted by molar-refractivity contribution is -0.948. The molecule has 1 rings (SSSR count). The number of carbonyl (C=O) groups excluding carboxylic acids is 1. The van der Waals surface area contributed by atoms with Gasteiger partial charge in [-0.2, -0.15) is 4.89 Å². The van der Waals surface area contributed by atoms with Crippen molar-refractivity contribution in [2.75, 3.05) is 26.2 Å². The predicted octanol–water partition coefficient (Wildman–Crippen LogP) is 3.82. The molecular formula is C19H28NO3+. The molecule has 0 aliphatic carbocycles. The zero-order valence-electron chi connectivity index (χ0n) is 14.5. The number of quaternary nitrogens is 1. The molecule has 0 fully saturated rings. The van der Waals surface area contributed by atoms with Gasteiger partial charge in [0.1, 0.15) is 19.2 Å². The molecule has 4 heteroatoms. The zero-order valence-corrected chi connectivity index (χ0v) is 14.5. The fourth-order valence-electron chi connectivity index (χ4n) is 2.78. The van der Waals surface area contributed by atoms with Gasteiger partial charge in [-0.05, 0) is 26.8 Å². The highest BCUT2D eigenvalue weighted by Gasteiger charge is 2.33. The molecule has 0 heterocycles. The van der Waals surface area contributed by atoms with Crippen molar-refractivity contribution >= 4 is 5.97 Å². The summed E-state index contributed by atoms with van der Waals surface area (Å²) in [4.78, 5) is 21.2. The molecule has 0 aromatic heterocycles. The Balaban J connectivity index is 2.79. The van der Waals surface area contributed by atoms with Crippen LogP contribution in [0.4, 0.5) is 0 Å². The van der Waals surface area contributed by atoms with Gasteiger partial charge in [0.15, 0.2) is 0 Å². The quantitative estimate of drug-likeness (QED) is 0.164. The number of nitrogens with zero attached hydrogens (tertiary/aromatic N) is 1. The van der Waals surface area contributed by atoms with E-state index in [1.54, 1.807) is 6.92 Å². The first kappa shape index (κ1) is 19.1. The maximum atomic E-state index is 11.3. The van der Waals surface area contributed by atoms with E-state index in [-0.39, 0.29) is 6.04 Å². The highest BCUT2D eigenvalue weighted by atomic mass is 17.2. The van der Waals surface area contributed by atoms with Gasteiger partial charge in [0.2, 0.25) is 0 Å². The Bertz CT molecular complexity index is 521. The van der Waals surface area contributed by atoms with E-state index in [2.05, 4.69) is 39.1 Å². The van der Waals surface area contributed by atoms with Crippen molar-refractivity contribution in [3.63, 3.8) is 0 Å². The van der Waals surface area contributed by atoms with Crippen LogP contribution in [0.25, 0.3) is 0 Å². The molecule has 1 aromatic rings. The summed E-state index contributed by atoms with van der Waals surface area (Å²) in [5, 5.41) is 0. The van der Waals surface area contributed by atoms with Crippen LogP contribution < -0.4 is 0 Å². The molecule has 0 saturated carbocycles. The summed E-state index contributed by atoms with van der Waals surface area (Å²) < 4.78 is 0.790. The lowest BCUT2D eigenvalue weighted by Crippen LogP contribution is -2.51. The molecule has 1 aromatic carbocycles. The Morgan fingerprint density at radius 1 is 1.26 bits per heavy atom. The first-order valence-corrected chi connectivity index (χ1v) is 8.03. The molecule has 0 aliphatic rings. The summed E-state index contributed by atoms with van der Waals surface area (Å²) in [5.41, 5.74) is 1.55. The van der Waals surface area contributed by atoms with Gasteiger partial charge >= 0.3 is 5.97 Å². The molecule has 23 heavy (non-hydrogen) atoms. The third-order valence-electron chi connectivity index (χ3n) is 4.32. The number of rotatable bonds is 10. The first-order valence-electron chi connectivity index (χ1n) is 8.03. The third kappa shape index (κ3) is 5.05. The Morgan fingerprint density at radius 2 is 1.87 bits per heavy atom. The van der Waals surface area contributed by atoms with Gasteiger partial charge in [-0.25, -0.2) is 4.79 Å². The van der Waals surface area contributed by atoms with Gasteiger partial charge in [-0.1, -0.05) is 43.5 Å². The van der Waals surface area contributed by atoms with Crippen molar-refractivity contribution in [1.29, 1.82) is 0 Å². The van der Waals surface area contributed by atoms with Crippen LogP contribution in [-0.4, -0.2) is 36.7 Å². The summed E-state index contributed by atoms with van der Waals surface area (Å²) in [7, 11) is 0. The maximum Gasteiger partial charge on any atom is 0.368 e. The molecule has 0 radical (unpaired) electrons. The summed E-state index contributed by atoms with van der Waals surface area (Å²) in [6.07, 6.45) is 1.99. The van der Waals surface area contributed by atoms with Crippen LogP contribution >= 0.6 is 0 Å². The lowest BCUT2D eigenvalue weighted by Gasteiger charge is -2.42. The Kier molecular flexibility index (Phi) is 7.72. The summed E-state index contributed by atoms with van der Waals surface area (Å²) in [6, 6.07) is 10.5. The minimum Gasteiger partial charge on any atom is -0.313 e. The van der Waals surface area contributed by atoms with Crippen molar-refractivity contribution in [1.82, 2.24) is 0 Å². The van der Waals surface area contributed by atoms with E-state index >= 15 is 0 Å². The van der Waals surface area contributed by atoms with Crippen LogP contribution in [0.15, 0.2) is 55.1 Å². The van der Waals surface area contributed by atoms with Crippen LogP contribution in [0, 0.1) is 0 Å². The molecule has 1 atom stereocenters. The van der Waals surface area contributed by atoms with Crippen LogP contribution in [0.2, 0.25) is 0 Å². The van der Waals surface area contributed by atoms with Crippen molar-refractivity contribution in [2.45, 2.75) is 26.8 Å². The molecule has 0 N–H and O–H groups in total. The predicted molar refractivity (Wildman–Crippen MR) is 92.4 cm³/mol. The van der Waals surface area contributed by atoms with Crippen molar-refractivity contribution in [3.8, 4) is 0 Å². The van der Waals surface area contributed by atoms with E-state index in [0.717, 1.165) is 24.1 Å². The zero-order chi connectivity index (χ0) is 17.3. The number of likely N-dealkylation sites (N-methyl/N-ethyl adjacent to an activating group) is 1.